The van der Waals surface area contributed by atoms with E-state index in [9.17, 15) is 9.59 Å². The average Bonchev–Trinajstić information content (AvgIpc) is 2.68. The monoisotopic (exact) mass is 237 g/mol. The Morgan fingerprint density at radius 2 is 2.35 bits per heavy atom. The van der Waals surface area contributed by atoms with E-state index in [4.69, 9.17) is 5.11 Å². The molecule has 17 heavy (non-hydrogen) atoms. The van der Waals surface area contributed by atoms with E-state index in [1.807, 2.05) is 0 Å². The van der Waals surface area contributed by atoms with Gasteiger partial charge in [0.15, 0.2) is 0 Å². The molecule has 1 aromatic heterocycles. The SMILES string of the molecule is CC[C@H](NC(=O)/C=C/c1cnn(C)c1)C(=O)O. The second kappa shape index (κ2) is 5.83. The molecule has 6 heteroatoms. The minimum Gasteiger partial charge on any atom is -0.480 e. The third-order valence-corrected chi connectivity index (χ3v) is 2.17. The normalized spacial score (nSPS) is 12.6. The van der Waals surface area contributed by atoms with E-state index in [1.165, 1.54) is 6.08 Å². The number of nitrogens with one attached hydrogen (secondary N) is 1. The number of aromatic nitrogens is 2. The summed E-state index contributed by atoms with van der Waals surface area (Å²) in [5, 5.41) is 15.1. The quantitative estimate of drug-likeness (QED) is 0.726. The predicted octanol–water partition coefficient (Wildman–Crippen LogP) is 0.413. The van der Waals surface area contributed by atoms with Gasteiger partial charge in [0.1, 0.15) is 6.04 Å². The maximum Gasteiger partial charge on any atom is 0.326 e. The molecule has 1 amide bonds. The van der Waals surface area contributed by atoms with Crippen LogP contribution in [-0.4, -0.2) is 32.8 Å². The number of aryl methyl sites for hydroxylation is 1. The third kappa shape index (κ3) is 4.10. The van der Waals surface area contributed by atoms with Crippen LogP contribution in [0.15, 0.2) is 18.5 Å². The molecule has 0 unspecified atom stereocenters. The zero-order valence-corrected chi connectivity index (χ0v) is 9.75. The summed E-state index contributed by atoms with van der Waals surface area (Å²) in [4.78, 5) is 22.1. The Balaban J connectivity index is 2.54. The topological polar surface area (TPSA) is 84.2 Å². The molecule has 1 rings (SSSR count). The van der Waals surface area contributed by atoms with Crippen LogP contribution in [0.3, 0.4) is 0 Å². The largest absolute Gasteiger partial charge is 0.480 e. The van der Waals surface area contributed by atoms with E-state index in [2.05, 4.69) is 10.4 Å². The molecule has 0 saturated heterocycles. The van der Waals surface area contributed by atoms with Crippen molar-refractivity contribution >= 4 is 18.0 Å². The van der Waals surface area contributed by atoms with E-state index < -0.39 is 17.9 Å². The summed E-state index contributed by atoms with van der Waals surface area (Å²) in [7, 11) is 1.77. The van der Waals surface area contributed by atoms with Crippen LogP contribution in [0.25, 0.3) is 6.08 Å². The van der Waals surface area contributed by atoms with Crippen LogP contribution in [0.2, 0.25) is 0 Å². The Morgan fingerprint density at radius 1 is 1.65 bits per heavy atom. The first-order valence-electron chi connectivity index (χ1n) is 5.23. The minimum absolute atomic E-state index is 0.349. The molecule has 0 bridgehead atoms. The molecule has 0 aliphatic rings. The van der Waals surface area contributed by atoms with Gasteiger partial charge in [-0.05, 0) is 12.5 Å². The second-order valence-corrected chi connectivity index (χ2v) is 3.59. The smallest absolute Gasteiger partial charge is 0.326 e. The van der Waals surface area contributed by atoms with Crippen molar-refractivity contribution < 1.29 is 14.7 Å². The summed E-state index contributed by atoms with van der Waals surface area (Å²) < 4.78 is 1.61. The Kier molecular flexibility index (Phi) is 4.45. The van der Waals surface area contributed by atoms with Crippen molar-refractivity contribution in [3.8, 4) is 0 Å². The zero-order chi connectivity index (χ0) is 12.8. The van der Waals surface area contributed by atoms with Gasteiger partial charge in [0.2, 0.25) is 5.91 Å². The maximum absolute atomic E-state index is 11.4. The van der Waals surface area contributed by atoms with Crippen LogP contribution in [0.1, 0.15) is 18.9 Å². The number of rotatable bonds is 5. The average molecular weight is 237 g/mol. The number of amides is 1. The van der Waals surface area contributed by atoms with Crippen LogP contribution in [0.4, 0.5) is 0 Å². The number of carboxylic acids is 1. The van der Waals surface area contributed by atoms with Crippen molar-refractivity contribution in [3.63, 3.8) is 0 Å². The fourth-order valence-corrected chi connectivity index (χ4v) is 1.26. The summed E-state index contributed by atoms with van der Waals surface area (Å²) in [6.45, 7) is 1.70. The van der Waals surface area contributed by atoms with Crippen LogP contribution >= 0.6 is 0 Å². The lowest BCUT2D eigenvalue weighted by atomic mass is 10.2. The molecule has 0 saturated carbocycles. The third-order valence-electron chi connectivity index (χ3n) is 2.17. The summed E-state index contributed by atoms with van der Waals surface area (Å²) in [5.41, 5.74) is 0.783. The Hall–Kier alpha value is -2.11. The van der Waals surface area contributed by atoms with Gasteiger partial charge in [-0.25, -0.2) is 4.79 Å². The molecule has 0 aromatic carbocycles. The van der Waals surface area contributed by atoms with Gasteiger partial charge in [-0.2, -0.15) is 5.10 Å². The molecule has 0 radical (unpaired) electrons. The lowest BCUT2D eigenvalue weighted by Gasteiger charge is -2.09. The number of nitrogens with zero attached hydrogens (tertiary/aromatic N) is 2. The lowest BCUT2D eigenvalue weighted by molar-refractivity contribution is -0.141. The summed E-state index contributed by atoms with van der Waals surface area (Å²) >= 11 is 0. The molecular formula is C11H15N3O3. The fraction of sp³-hybridized carbons (Fsp3) is 0.364. The highest BCUT2D eigenvalue weighted by Gasteiger charge is 2.15. The van der Waals surface area contributed by atoms with Crippen molar-refractivity contribution in [2.75, 3.05) is 0 Å². The Morgan fingerprint density at radius 3 is 2.82 bits per heavy atom. The van der Waals surface area contributed by atoms with Gasteiger partial charge in [0, 0.05) is 24.9 Å². The van der Waals surface area contributed by atoms with Crippen LogP contribution in [0, 0.1) is 0 Å². The van der Waals surface area contributed by atoms with Crippen molar-refractivity contribution in [1.82, 2.24) is 15.1 Å². The highest BCUT2D eigenvalue weighted by atomic mass is 16.4. The lowest BCUT2D eigenvalue weighted by Crippen LogP contribution is -2.39. The summed E-state index contributed by atoms with van der Waals surface area (Å²) in [5.74, 6) is -1.46. The molecule has 1 atom stereocenters. The van der Waals surface area contributed by atoms with E-state index >= 15 is 0 Å². The van der Waals surface area contributed by atoms with Gasteiger partial charge in [0.25, 0.3) is 0 Å². The van der Waals surface area contributed by atoms with Crippen LogP contribution in [-0.2, 0) is 16.6 Å². The summed E-state index contributed by atoms with van der Waals surface area (Å²) in [6, 6.07) is -0.846. The highest BCUT2D eigenvalue weighted by molar-refractivity contribution is 5.94. The molecule has 0 fully saturated rings. The molecule has 92 valence electrons. The number of hydrogen-bond acceptors (Lipinski definition) is 3. The van der Waals surface area contributed by atoms with Crippen molar-refractivity contribution in [2.45, 2.75) is 19.4 Å². The Labute approximate surface area is 98.9 Å². The van der Waals surface area contributed by atoms with E-state index in [0.717, 1.165) is 5.56 Å². The number of carbonyl (C=O) groups excluding carboxylic acids is 1. The first-order chi connectivity index (χ1) is 8.02. The predicted molar refractivity (Wildman–Crippen MR) is 62.1 cm³/mol. The molecular weight excluding hydrogens is 222 g/mol. The Bertz CT molecular complexity index is 437. The van der Waals surface area contributed by atoms with E-state index in [-0.39, 0.29) is 0 Å². The standard InChI is InChI=1S/C11H15N3O3/c1-3-9(11(16)17)13-10(15)5-4-8-6-12-14(2)7-8/h4-7,9H,3H2,1-2H3,(H,13,15)(H,16,17)/b5-4+/t9-/m0/s1. The molecule has 6 nitrogen and oxygen atoms in total. The van der Waals surface area contributed by atoms with Gasteiger partial charge < -0.3 is 10.4 Å². The molecule has 1 heterocycles. The number of carboxylic acid groups (broad SMARTS) is 1. The van der Waals surface area contributed by atoms with E-state index in [0.29, 0.717) is 6.42 Å². The fourth-order valence-electron chi connectivity index (χ4n) is 1.26. The number of aliphatic carboxylic acids is 1. The van der Waals surface area contributed by atoms with E-state index in [1.54, 1.807) is 37.1 Å². The zero-order valence-electron chi connectivity index (χ0n) is 9.75. The van der Waals surface area contributed by atoms with Gasteiger partial charge in [-0.1, -0.05) is 6.92 Å². The second-order valence-electron chi connectivity index (χ2n) is 3.59. The van der Waals surface area contributed by atoms with Crippen LogP contribution in [0.5, 0.6) is 0 Å². The van der Waals surface area contributed by atoms with Crippen molar-refractivity contribution in [3.05, 3.63) is 24.0 Å². The van der Waals surface area contributed by atoms with Gasteiger partial charge in [-0.15, -0.1) is 0 Å². The molecule has 0 aliphatic heterocycles. The van der Waals surface area contributed by atoms with Gasteiger partial charge in [0.05, 0.1) is 6.20 Å². The minimum atomic E-state index is -1.03. The number of hydrogen-bond donors (Lipinski definition) is 2. The molecule has 2 N–H and O–H groups in total. The van der Waals surface area contributed by atoms with Crippen molar-refractivity contribution in [1.29, 1.82) is 0 Å². The highest BCUT2D eigenvalue weighted by Crippen LogP contribution is 1.99. The first-order valence-corrected chi connectivity index (χ1v) is 5.23. The summed E-state index contributed by atoms with van der Waals surface area (Å²) in [6.07, 6.45) is 6.58. The molecule has 0 spiro atoms. The molecule has 1 aromatic rings. The first kappa shape index (κ1) is 13.0. The number of carbonyl (C=O) groups is 2. The maximum atomic E-state index is 11.4. The van der Waals surface area contributed by atoms with Gasteiger partial charge >= 0.3 is 5.97 Å². The van der Waals surface area contributed by atoms with Gasteiger partial charge in [-0.3, -0.25) is 9.48 Å². The van der Waals surface area contributed by atoms with Crippen molar-refractivity contribution in [2.24, 2.45) is 7.05 Å². The van der Waals surface area contributed by atoms with Crippen LogP contribution < -0.4 is 5.32 Å². The molecule has 0 aliphatic carbocycles.